The number of nitrogens with zero attached hydrogens (tertiary/aromatic N) is 3. The average molecular weight is 412 g/mol. The summed E-state index contributed by atoms with van der Waals surface area (Å²) in [6, 6.07) is 33.2. The van der Waals surface area contributed by atoms with E-state index in [0.717, 1.165) is 11.9 Å². The molecule has 0 amide bonds. The summed E-state index contributed by atoms with van der Waals surface area (Å²) in [6.07, 6.45) is 1.11. The van der Waals surface area contributed by atoms with Crippen LogP contribution in [0.3, 0.4) is 0 Å². The van der Waals surface area contributed by atoms with Gasteiger partial charge in [-0.1, -0.05) is 54.6 Å². The normalized spacial score (nSPS) is 21.0. The van der Waals surface area contributed by atoms with Crippen molar-refractivity contribution in [1.29, 1.82) is 0 Å². The van der Waals surface area contributed by atoms with Crippen LogP contribution >= 0.6 is 0 Å². The van der Waals surface area contributed by atoms with Crippen molar-refractivity contribution < 1.29 is 0 Å². The highest BCUT2D eigenvalue weighted by Gasteiger charge is 2.63. The number of aryl methyl sites for hydroxylation is 1. The predicted octanol–water partition coefficient (Wildman–Crippen LogP) is 6.46. The molecule has 152 valence electrons. The molecule has 2 atom stereocenters. The van der Waals surface area contributed by atoms with Crippen LogP contribution in [-0.4, -0.2) is 14.1 Å². The first-order chi connectivity index (χ1) is 15.8. The lowest BCUT2D eigenvalue weighted by atomic mass is 9.91. The summed E-state index contributed by atoms with van der Waals surface area (Å²) in [5, 5.41) is 2.68. The smallest absolute Gasteiger partial charge is 0.125 e. The Bertz CT molecular complexity index is 1730. The molecule has 2 unspecified atom stereocenters. The molecule has 8 rings (SSSR count). The first kappa shape index (κ1) is 16.8. The van der Waals surface area contributed by atoms with Crippen molar-refractivity contribution in [1.82, 2.24) is 14.1 Å². The van der Waals surface area contributed by atoms with Gasteiger partial charge in [0.1, 0.15) is 5.82 Å². The third kappa shape index (κ3) is 1.83. The number of para-hydroxylation sites is 4. The monoisotopic (exact) mass is 411 g/mol. The van der Waals surface area contributed by atoms with Gasteiger partial charge in [0, 0.05) is 34.8 Å². The topological polar surface area (TPSA) is 22.8 Å². The highest BCUT2D eigenvalue weighted by Crippen LogP contribution is 2.68. The van der Waals surface area contributed by atoms with Crippen LogP contribution in [0.5, 0.6) is 0 Å². The highest BCUT2D eigenvalue weighted by molar-refractivity contribution is 6.08. The molecule has 0 radical (unpaired) electrons. The molecule has 0 saturated heterocycles. The Morgan fingerprint density at radius 3 is 2.47 bits per heavy atom. The average Bonchev–Trinajstić information content (AvgIpc) is 3.26. The Morgan fingerprint density at radius 2 is 1.53 bits per heavy atom. The van der Waals surface area contributed by atoms with E-state index in [0.29, 0.717) is 5.92 Å². The second-order valence-electron chi connectivity index (χ2n) is 9.36. The lowest BCUT2D eigenvalue weighted by Crippen LogP contribution is -2.09. The third-order valence-electron chi connectivity index (χ3n) is 7.89. The van der Waals surface area contributed by atoms with Gasteiger partial charge in [-0.15, -0.1) is 0 Å². The number of imidazole rings is 1. The number of hydrogen-bond acceptors (Lipinski definition) is 1. The third-order valence-corrected chi connectivity index (χ3v) is 7.89. The molecule has 0 N–H and O–H groups in total. The predicted molar refractivity (Wildman–Crippen MR) is 130 cm³/mol. The maximum Gasteiger partial charge on any atom is 0.125 e. The van der Waals surface area contributed by atoms with E-state index < -0.39 is 0 Å². The standard InChI is InChI=1S/C29H21N3/c1-31-24-11-5-2-8-19(24)20-16-18(14-15-25(20)31)22-17-29(22)21-9-3-6-12-26(21)32-27-13-7-4-10-23(27)30-28(29)32/h2-16,22H,17H2,1H3. The van der Waals surface area contributed by atoms with E-state index in [1.54, 1.807) is 0 Å². The van der Waals surface area contributed by atoms with E-state index in [4.69, 9.17) is 4.98 Å². The van der Waals surface area contributed by atoms with E-state index >= 15 is 0 Å². The molecule has 4 aromatic carbocycles. The molecular weight excluding hydrogens is 390 g/mol. The second kappa shape index (κ2) is 5.49. The van der Waals surface area contributed by atoms with Gasteiger partial charge in [0.25, 0.3) is 0 Å². The van der Waals surface area contributed by atoms with Gasteiger partial charge in [-0.2, -0.15) is 0 Å². The van der Waals surface area contributed by atoms with Crippen LogP contribution < -0.4 is 0 Å². The van der Waals surface area contributed by atoms with Gasteiger partial charge in [0.05, 0.1) is 22.1 Å². The van der Waals surface area contributed by atoms with Crippen molar-refractivity contribution in [2.45, 2.75) is 17.8 Å². The van der Waals surface area contributed by atoms with Crippen LogP contribution in [0.15, 0.2) is 91.0 Å². The molecule has 3 heteroatoms. The Labute approximate surface area is 185 Å². The maximum atomic E-state index is 5.17. The van der Waals surface area contributed by atoms with Gasteiger partial charge in [0.2, 0.25) is 0 Å². The summed E-state index contributed by atoms with van der Waals surface area (Å²) in [7, 11) is 2.17. The van der Waals surface area contributed by atoms with E-state index in [-0.39, 0.29) is 5.41 Å². The number of hydrogen-bond donors (Lipinski definition) is 0. The van der Waals surface area contributed by atoms with Gasteiger partial charge in [0.15, 0.2) is 0 Å². The van der Waals surface area contributed by atoms with Crippen LogP contribution in [0.2, 0.25) is 0 Å². The van der Waals surface area contributed by atoms with E-state index in [1.807, 2.05) is 0 Å². The molecular formula is C29H21N3. The van der Waals surface area contributed by atoms with Crippen LogP contribution in [0.25, 0.3) is 38.5 Å². The molecule has 1 saturated carbocycles. The zero-order valence-electron chi connectivity index (χ0n) is 17.8. The van der Waals surface area contributed by atoms with Crippen molar-refractivity contribution in [2.24, 2.45) is 7.05 Å². The molecule has 1 aliphatic heterocycles. The number of aromatic nitrogens is 3. The van der Waals surface area contributed by atoms with Crippen molar-refractivity contribution in [3.63, 3.8) is 0 Å². The Hall–Kier alpha value is -3.85. The minimum atomic E-state index is -0.0200. The fourth-order valence-corrected chi connectivity index (χ4v) is 6.35. The molecule has 3 nitrogen and oxygen atoms in total. The van der Waals surface area contributed by atoms with Crippen molar-refractivity contribution in [2.75, 3.05) is 0 Å². The molecule has 3 heterocycles. The fourth-order valence-electron chi connectivity index (χ4n) is 6.35. The lowest BCUT2D eigenvalue weighted by molar-refractivity contribution is 0.769. The van der Waals surface area contributed by atoms with Gasteiger partial charge < -0.3 is 4.57 Å². The van der Waals surface area contributed by atoms with Crippen LogP contribution in [0, 0.1) is 0 Å². The minimum Gasteiger partial charge on any atom is -0.344 e. The maximum absolute atomic E-state index is 5.17. The molecule has 1 aliphatic carbocycles. The van der Waals surface area contributed by atoms with Crippen LogP contribution in [-0.2, 0) is 12.5 Å². The van der Waals surface area contributed by atoms with Gasteiger partial charge in [-0.3, -0.25) is 4.57 Å². The molecule has 1 fully saturated rings. The van der Waals surface area contributed by atoms with Crippen LogP contribution in [0.4, 0.5) is 0 Å². The summed E-state index contributed by atoms with van der Waals surface area (Å²) in [4.78, 5) is 5.17. The number of fused-ring (bicyclic) bond motifs is 10. The zero-order valence-corrected chi connectivity index (χ0v) is 17.8. The summed E-state index contributed by atoms with van der Waals surface area (Å²) in [5.41, 5.74) is 9.01. The summed E-state index contributed by atoms with van der Waals surface area (Å²) >= 11 is 0. The van der Waals surface area contributed by atoms with Gasteiger partial charge in [-0.25, -0.2) is 4.98 Å². The number of benzene rings is 4. The number of rotatable bonds is 1. The Kier molecular flexibility index (Phi) is 2.88. The summed E-state index contributed by atoms with van der Waals surface area (Å²) in [5.74, 6) is 1.66. The van der Waals surface area contributed by atoms with E-state index in [2.05, 4.69) is 107 Å². The molecule has 32 heavy (non-hydrogen) atoms. The van der Waals surface area contributed by atoms with E-state index in [9.17, 15) is 0 Å². The quantitative estimate of drug-likeness (QED) is 0.305. The minimum absolute atomic E-state index is 0.0200. The second-order valence-corrected chi connectivity index (χ2v) is 9.36. The Balaban J connectivity index is 1.37. The van der Waals surface area contributed by atoms with Gasteiger partial charge in [-0.05, 0) is 53.9 Å². The summed E-state index contributed by atoms with van der Waals surface area (Å²) in [6.45, 7) is 0. The fraction of sp³-hybridized carbons (Fsp3) is 0.138. The lowest BCUT2D eigenvalue weighted by Gasteiger charge is -2.11. The molecule has 1 spiro atoms. The zero-order chi connectivity index (χ0) is 21.0. The van der Waals surface area contributed by atoms with Crippen molar-refractivity contribution in [3.05, 3.63) is 108 Å². The molecule has 6 aromatic rings. The van der Waals surface area contributed by atoms with Crippen LogP contribution in [0.1, 0.15) is 29.3 Å². The van der Waals surface area contributed by atoms with Gasteiger partial charge >= 0.3 is 0 Å². The molecule has 2 aliphatic rings. The summed E-state index contributed by atoms with van der Waals surface area (Å²) < 4.78 is 4.71. The first-order valence-electron chi connectivity index (χ1n) is 11.3. The van der Waals surface area contributed by atoms with Crippen molar-refractivity contribution >= 4 is 32.8 Å². The largest absolute Gasteiger partial charge is 0.344 e. The molecule has 0 bridgehead atoms. The Morgan fingerprint density at radius 1 is 0.781 bits per heavy atom. The van der Waals surface area contributed by atoms with E-state index in [1.165, 1.54) is 50.0 Å². The SMILES string of the molecule is Cn1c2ccccc2c2cc(C3CC34c3ccccc3-n3c4nc4ccccc43)ccc21. The highest BCUT2D eigenvalue weighted by atomic mass is 15.1. The molecule has 2 aromatic heterocycles. The van der Waals surface area contributed by atoms with Crippen molar-refractivity contribution in [3.8, 4) is 5.69 Å². The first-order valence-corrected chi connectivity index (χ1v) is 11.3.